The van der Waals surface area contributed by atoms with Crippen molar-refractivity contribution in [1.29, 1.82) is 0 Å². The maximum atomic E-state index is 5.96. The van der Waals surface area contributed by atoms with Crippen LogP contribution in [0.5, 0.6) is 0 Å². The van der Waals surface area contributed by atoms with E-state index in [1.807, 2.05) is 12.1 Å². The first-order valence-corrected chi connectivity index (χ1v) is 6.40. The highest BCUT2D eigenvalue weighted by molar-refractivity contribution is 6.30. The summed E-state index contributed by atoms with van der Waals surface area (Å²) in [6.07, 6.45) is 1.93. The number of benzene rings is 1. The molecule has 5 nitrogen and oxygen atoms in total. The Morgan fingerprint density at radius 1 is 1.11 bits per heavy atom. The fraction of sp³-hybridized carbons (Fsp3) is 0.417. The van der Waals surface area contributed by atoms with Crippen molar-refractivity contribution in [3.8, 4) is 0 Å². The van der Waals surface area contributed by atoms with Gasteiger partial charge in [0.2, 0.25) is 0 Å². The van der Waals surface area contributed by atoms with Crippen molar-refractivity contribution in [2.75, 3.05) is 13.1 Å². The molecule has 94 valence electrons. The summed E-state index contributed by atoms with van der Waals surface area (Å²) in [7, 11) is 0. The van der Waals surface area contributed by atoms with Gasteiger partial charge in [-0.3, -0.25) is 0 Å². The van der Waals surface area contributed by atoms with E-state index >= 15 is 0 Å². The van der Waals surface area contributed by atoms with Crippen LogP contribution < -0.4 is 5.32 Å². The number of piperidine rings is 1. The van der Waals surface area contributed by atoms with Crippen LogP contribution in [0.25, 0.3) is 0 Å². The fourth-order valence-electron chi connectivity index (χ4n) is 2.63. The van der Waals surface area contributed by atoms with Gasteiger partial charge in [-0.1, -0.05) is 28.9 Å². The second-order valence-corrected chi connectivity index (χ2v) is 5.01. The summed E-state index contributed by atoms with van der Waals surface area (Å²) < 4.78 is 0. The predicted octanol–water partition coefficient (Wildman–Crippen LogP) is 1.52. The van der Waals surface area contributed by atoms with Crippen LogP contribution in [0, 0.1) is 0 Å². The van der Waals surface area contributed by atoms with Gasteiger partial charge in [0, 0.05) is 5.02 Å². The molecule has 1 aliphatic rings. The molecule has 2 heterocycles. The van der Waals surface area contributed by atoms with Gasteiger partial charge in [0.25, 0.3) is 0 Å². The third-order valence-electron chi connectivity index (χ3n) is 3.63. The quantitative estimate of drug-likeness (QED) is 0.862. The van der Waals surface area contributed by atoms with Gasteiger partial charge in [-0.2, -0.15) is 5.21 Å². The van der Waals surface area contributed by atoms with E-state index in [-0.39, 0.29) is 5.41 Å². The number of aromatic nitrogens is 4. The maximum absolute atomic E-state index is 5.96. The number of rotatable bonds is 2. The van der Waals surface area contributed by atoms with Gasteiger partial charge < -0.3 is 5.32 Å². The summed E-state index contributed by atoms with van der Waals surface area (Å²) in [5.41, 5.74) is 1.05. The van der Waals surface area contributed by atoms with E-state index < -0.39 is 0 Å². The minimum Gasteiger partial charge on any atom is -0.317 e. The third-order valence-corrected chi connectivity index (χ3v) is 3.88. The van der Waals surface area contributed by atoms with E-state index in [4.69, 9.17) is 11.6 Å². The van der Waals surface area contributed by atoms with Gasteiger partial charge in [0.05, 0.1) is 5.41 Å². The molecule has 0 spiro atoms. The van der Waals surface area contributed by atoms with E-state index in [1.54, 1.807) is 0 Å². The molecular weight excluding hydrogens is 250 g/mol. The molecule has 18 heavy (non-hydrogen) atoms. The van der Waals surface area contributed by atoms with Crippen LogP contribution in [0.2, 0.25) is 5.02 Å². The second kappa shape index (κ2) is 4.66. The van der Waals surface area contributed by atoms with Gasteiger partial charge in [0.15, 0.2) is 5.82 Å². The molecule has 0 radical (unpaired) electrons. The molecule has 0 saturated carbocycles. The molecule has 0 atom stereocenters. The molecule has 0 bridgehead atoms. The molecule has 3 rings (SSSR count). The Morgan fingerprint density at radius 2 is 1.83 bits per heavy atom. The lowest BCUT2D eigenvalue weighted by molar-refractivity contribution is 0.346. The normalized spacial score (nSPS) is 18.7. The van der Waals surface area contributed by atoms with Crippen LogP contribution in [-0.4, -0.2) is 33.7 Å². The highest BCUT2D eigenvalue weighted by Crippen LogP contribution is 2.38. The van der Waals surface area contributed by atoms with Gasteiger partial charge in [-0.15, -0.1) is 10.2 Å². The fourth-order valence-corrected chi connectivity index (χ4v) is 2.75. The Kier molecular flexibility index (Phi) is 3.01. The number of nitrogens with one attached hydrogen (secondary N) is 2. The number of hydrogen-bond donors (Lipinski definition) is 2. The van der Waals surface area contributed by atoms with Crippen LogP contribution in [0.4, 0.5) is 0 Å². The predicted molar refractivity (Wildman–Crippen MR) is 68.5 cm³/mol. The van der Waals surface area contributed by atoms with Gasteiger partial charge in [-0.25, -0.2) is 0 Å². The number of H-pyrrole nitrogens is 1. The van der Waals surface area contributed by atoms with Crippen molar-refractivity contribution < 1.29 is 0 Å². The molecule has 1 aliphatic heterocycles. The first kappa shape index (κ1) is 11.6. The Morgan fingerprint density at radius 3 is 2.44 bits per heavy atom. The number of aromatic amines is 1. The lowest BCUT2D eigenvalue weighted by Gasteiger charge is -2.35. The number of halogens is 1. The molecular formula is C12H14ClN5. The smallest absolute Gasteiger partial charge is 0.185 e. The summed E-state index contributed by atoms with van der Waals surface area (Å²) in [5.74, 6) is 0.770. The second-order valence-electron chi connectivity index (χ2n) is 4.57. The lowest BCUT2D eigenvalue weighted by Crippen LogP contribution is -2.41. The van der Waals surface area contributed by atoms with E-state index in [9.17, 15) is 0 Å². The van der Waals surface area contributed by atoms with Crippen LogP contribution in [0.3, 0.4) is 0 Å². The number of nitrogens with zero attached hydrogens (tertiary/aromatic N) is 3. The molecule has 1 aromatic carbocycles. The van der Waals surface area contributed by atoms with Crippen molar-refractivity contribution in [3.05, 3.63) is 40.7 Å². The van der Waals surface area contributed by atoms with Crippen molar-refractivity contribution >= 4 is 11.6 Å². The summed E-state index contributed by atoms with van der Waals surface area (Å²) in [4.78, 5) is 0. The van der Waals surface area contributed by atoms with E-state index in [0.29, 0.717) is 0 Å². The van der Waals surface area contributed by atoms with E-state index in [0.717, 1.165) is 36.8 Å². The molecule has 2 N–H and O–H groups in total. The van der Waals surface area contributed by atoms with Crippen LogP contribution in [0.15, 0.2) is 24.3 Å². The number of tetrazole rings is 1. The lowest BCUT2D eigenvalue weighted by atomic mass is 9.72. The molecule has 0 unspecified atom stereocenters. The van der Waals surface area contributed by atoms with Crippen molar-refractivity contribution in [2.45, 2.75) is 18.3 Å². The summed E-state index contributed by atoms with van der Waals surface area (Å²) in [6, 6.07) is 7.95. The average molecular weight is 264 g/mol. The molecule has 0 aliphatic carbocycles. The Labute approximate surface area is 110 Å². The summed E-state index contributed by atoms with van der Waals surface area (Å²) in [5, 5.41) is 18.8. The zero-order valence-electron chi connectivity index (χ0n) is 9.86. The third kappa shape index (κ3) is 1.89. The first-order valence-electron chi connectivity index (χ1n) is 6.02. The van der Waals surface area contributed by atoms with Gasteiger partial charge in [-0.05, 0) is 43.6 Å². The summed E-state index contributed by atoms with van der Waals surface area (Å²) >= 11 is 5.96. The molecule has 1 aromatic heterocycles. The Bertz CT molecular complexity index is 502. The average Bonchev–Trinajstić information content (AvgIpc) is 2.95. The molecule has 6 heteroatoms. The molecule has 1 saturated heterocycles. The standard InChI is InChI=1S/C12H14ClN5/c13-10-3-1-9(2-4-10)12(5-7-14-8-6-12)11-15-17-18-16-11/h1-4,14H,5-8H2,(H,15,16,17,18). The Balaban J connectivity index is 2.07. The molecule has 1 fully saturated rings. The van der Waals surface area contributed by atoms with Crippen molar-refractivity contribution in [2.24, 2.45) is 0 Å². The highest BCUT2D eigenvalue weighted by Gasteiger charge is 2.39. The summed E-state index contributed by atoms with van der Waals surface area (Å²) in [6.45, 7) is 1.91. The Hall–Kier alpha value is -1.46. The van der Waals surface area contributed by atoms with E-state index in [2.05, 4.69) is 38.1 Å². The first-order chi connectivity index (χ1) is 8.81. The monoisotopic (exact) mass is 263 g/mol. The van der Waals surface area contributed by atoms with E-state index in [1.165, 1.54) is 5.56 Å². The minimum absolute atomic E-state index is 0.150. The minimum atomic E-state index is -0.150. The SMILES string of the molecule is Clc1ccc(C2(c3nn[nH]n3)CCNCC2)cc1. The highest BCUT2D eigenvalue weighted by atomic mass is 35.5. The van der Waals surface area contributed by atoms with Gasteiger partial charge >= 0.3 is 0 Å². The molecule has 0 amide bonds. The van der Waals surface area contributed by atoms with Gasteiger partial charge in [0.1, 0.15) is 0 Å². The van der Waals surface area contributed by atoms with Crippen LogP contribution >= 0.6 is 11.6 Å². The van der Waals surface area contributed by atoms with Crippen molar-refractivity contribution in [3.63, 3.8) is 0 Å². The number of hydrogen-bond acceptors (Lipinski definition) is 4. The van der Waals surface area contributed by atoms with Crippen LogP contribution in [0.1, 0.15) is 24.2 Å². The molecule has 2 aromatic rings. The maximum Gasteiger partial charge on any atom is 0.185 e. The van der Waals surface area contributed by atoms with Crippen molar-refractivity contribution in [1.82, 2.24) is 25.9 Å². The van der Waals surface area contributed by atoms with Crippen LogP contribution in [-0.2, 0) is 5.41 Å². The zero-order chi connectivity index (χ0) is 12.4. The zero-order valence-corrected chi connectivity index (χ0v) is 10.6. The topological polar surface area (TPSA) is 66.5 Å². The largest absolute Gasteiger partial charge is 0.317 e.